The number of hydrogen-bond acceptors (Lipinski definition) is 3. The van der Waals surface area contributed by atoms with Crippen molar-refractivity contribution in [2.45, 2.75) is 30.7 Å². The van der Waals surface area contributed by atoms with E-state index in [1.54, 1.807) is 42.5 Å². The van der Waals surface area contributed by atoms with Gasteiger partial charge in [0, 0.05) is 18.8 Å². The first-order valence-electron chi connectivity index (χ1n) is 9.91. The molecule has 5 nitrogen and oxygen atoms in total. The molecule has 1 atom stereocenters. The van der Waals surface area contributed by atoms with E-state index < -0.39 is 10.0 Å². The van der Waals surface area contributed by atoms with Crippen LogP contribution >= 0.6 is 0 Å². The zero-order valence-corrected chi connectivity index (χ0v) is 17.8. The number of hydrogen-bond donors (Lipinski definition) is 0. The molecule has 0 radical (unpaired) electrons. The van der Waals surface area contributed by atoms with E-state index in [-0.39, 0.29) is 23.3 Å². The Morgan fingerprint density at radius 3 is 2.30 bits per heavy atom. The van der Waals surface area contributed by atoms with Gasteiger partial charge in [0.15, 0.2) is 0 Å². The second kappa shape index (κ2) is 7.95. The second-order valence-electron chi connectivity index (χ2n) is 7.57. The van der Waals surface area contributed by atoms with Gasteiger partial charge in [-0.3, -0.25) is 9.10 Å². The minimum atomic E-state index is -3.62. The zero-order valence-electron chi connectivity index (χ0n) is 17.0. The fraction of sp³-hybridized carbons (Fsp3) is 0.208. The molecule has 30 heavy (non-hydrogen) atoms. The summed E-state index contributed by atoms with van der Waals surface area (Å²) in [6, 6.07) is 23.6. The minimum absolute atomic E-state index is 0.0467. The van der Waals surface area contributed by atoms with Crippen molar-refractivity contribution in [2.75, 3.05) is 16.3 Å². The lowest BCUT2D eigenvalue weighted by Crippen LogP contribution is -2.36. The van der Waals surface area contributed by atoms with Gasteiger partial charge in [-0.05, 0) is 54.8 Å². The average molecular weight is 421 g/mol. The van der Waals surface area contributed by atoms with E-state index in [1.807, 2.05) is 35.2 Å². The van der Waals surface area contributed by atoms with E-state index >= 15 is 0 Å². The van der Waals surface area contributed by atoms with Crippen molar-refractivity contribution in [3.05, 3.63) is 90.0 Å². The normalized spacial score (nSPS) is 15.7. The molecule has 154 valence electrons. The van der Waals surface area contributed by atoms with Gasteiger partial charge in [0.1, 0.15) is 0 Å². The van der Waals surface area contributed by atoms with E-state index in [9.17, 15) is 13.2 Å². The largest absolute Gasteiger partial charge is 0.309 e. The van der Waals surface area contributed by atoms with Gasteiger partial charge >= 0.3 is 0 Å². The predicted molar refractivity (Wildman–Crippen MR) is 119 cm³/mol. The molecule has 6 heteroatoms. The van der Waals surface area contributed by atoms with Crippen LogP contribution in [-0.2, 0) is 27.7 Å². The van der Waals surface area contributed by atoms with Gasteiger partial charge in [-0.2, -0.15) is 0 Å². The monoisotopic (exact) mass is 420 g/mol. The Hall–Kier alpha value is -3.12. The van der Waals surface area contributed by atoms with Crippen molar-refractivity contribution < 1.29 is 13.2 Å². The third kappa shape index (κ3) is 3.71. The molecule has 0 spiro atoms. The van der Waals surface area contributed by atoms with Crippen LogP contribution in [0.2, 0.25) is 0 Å². The molecule has 0 aromatic heterocycles. The maximum Gasteiger partial charge on any atom is 0.264 e. The molecular weight excluding hydrogens is 396 g/mol. The van der Waals surface area contributed by atoms with Crippen molar-refractivity contribution in [2.24, 2.45) is 0 Å². The summed E-state index contributed by atoms with van der Waals surface area (Å²) < 4.78 is 26.8. The molecule has 1 aliphatic rings. The number of carbonyl (C=O) groups is 1. The Morgan fingerprint density at radius 2 is 1.60 bits per heavy atom. The Kier molecular flexibility index (Phi) is 5.35. The SMILES string of the molecule is C[C@@H]1Cc2ccccc2N1C(=O)Cc1ccc(N(C)S(=O)(=O)c2ccccc2)cc1. The number of carbonyl (C=O) groups excluding carboxylic acids is 1. The lowest BCUT2D eigenvalue weighted by atomic mass is 10.1. The number of nitrogens with zero attached hydrogens (tertiary/aromatic N) is 2. The van der Waals surface area contributed by atoms with Gasteiger partial charge in [-0.25, -0.2) is 8.42 Å². The van der Waals surface area contributed by atoms with Crippen LogP contribution in [0.25, 0.3) is 0 Å². The molecule has 0 saturated heterocycles. The van der Waals surface area contributed by atoms with Crippen LogP contribution in [0, 0.1) is 0 Å². The van der Waals surface area contributed by atoms with Gasteiger partial charge in [-0.1, -0.05) is 48.5 Å². The number of para-hydroxylation sites is 1. The summed E-state index contributed by atoms with van der Waals surface area (Å²) in [6.45, 7) is 2.06. The van der Waals surface area contributed by atoms with E-state index in [0.29, 0.717) is 5.69 Å². The minimum Gasteiger partial charge on any atom is -0.309 e. The standard InChI is InChI=1S/C24H24N2O3S/c1-18-16-20-8-6-7-11-23(20)26(18)24(27)17-19-12-14-21(15-13-19)25(2)30(28,29)22-9-4-3-5-10-22/h3-15,18H,16-17H2,1-2H3/t18-/m1/s1. The third-order valence-electron chi connectivity index (χ3n) is 5.53. The number of sulfonamides is 1. The smallest absolute Gasteiger partial charge is 0.264 e. The average Bonchev–Trinajstić information content (AvgIpc) is 3.10. The first-order valence-corrected chi connectivity index (χ1v) is 11.3. The highest BCUT2D eigenvalue weighted by Gasteiger charge is 2.30. The van der Waals surface area contributed by atoms with E-state index in [4.69, 9.17) is 0 Å². The van der Waals surface area contributed by atoms with Crippen LogP contribution < -0.4 is 9.21 Å². The van der Waals surface area contributed by atoms with Crippen molar-refractivity contribution >= 4 is 27.3 Å². The maximum atomic E-state index is 13.0. The lowest BCUT2D eigenvalue weighted by molar-refractivity contribution is -0.118. The molecule has 0 unspecified atom stereocenters. The van der Waals surface area contributed by atoms with Gasteiger partial charge in [0.2, 0.25) is 5.91 Å². The van der Waals surface area contributed by atoms with Crippen molar-refractivity contribution in [1.29, 1.82) is 0 Å². The molecule has 3 aromatic rings. The van der Waals surface area contributed by atoms with Gasteiger partial charge in [0.25, 0.3) is 10.0 Å². The predicted octanol–water partition coefficient (Wildman–Crippen LogP) is 4.03. The summed E-state index contributed by atoms with van der Waals surface area (Å²) in [5, 5.41) is 0. The summed E-state index contributed by atoms with van der Waals surface area (Å²) in [7, 11) is -2.09. The molecule has 0 bridgehead atoms. The first kappa shape index (κ1) is 20.2. The van der Waals surface area contributed by atoms with E-state index in [0.717, 1.165) is 17.7 Å². The van der Waals surface area contributed by atoms with Gasteiger partial charge < -0.3 is 4.90 Å². The number of amides is 1. The summed E-state index contributed by atoms with van der Waals surface area (Å²) >= 11 is 0. The number of benzene rings is 3. The highest BCUT2D eigenvalue weighted by atomic mass is 32.2. The summed E-state index contributed by atoms with van der Waals surface area (Å²) in [5.74, 6) is 0.0467. The van der Waals surface area contributed by atoms with Crippen LogP contribution in [-0.4, -0.2) is 27.4 Å². The fourth-order valence-electron chi connectivity index (χ4n) is 3.92. The lowest BCUT2D eigenvalue weighted by Gasteiger charge is -2.23. The molecule has 0 N–H and O–H groups in total. The number of rotatable bonds is 5. The topological polar surface area (TPSA) is 57.7 Å². The molecule has 0 aliphatic carbocycles. The molecule has 3 aromatic carbocycles. The first-order chi connectivity index (χ1) is 14.4. The fourth-order valence-corrected chi connectivity index (χ4v) is 5.14. The zero-order chi connectivity index (χ0) is 21.3. The van der Waals surface area contributed by atoms with Crippen LogP contribution in [0.15, 0.2) is 83.8 Å². The second-order valence-corrected chi connectivity index (χ2v) is 9.54. The molecule has 1 heterocycles. The molecular formula is C24H24N2O3S. The highest BCUT2D eigenvalue weighted by Crippen LogP contribution is 2.32. The number of fused-ring (bicyclic) bond motifs is 1. The molecule has 0 saturated carbocycles. The molecule has 1 amide bonds. The van der Waals surface area contributed by atoms with E-state index in [2.05, 4.69) is 13.0 Å². The van der Waals surface area contributed by atoms with E-state index in [1.165, 1.54) is 16.9 Å². The van der Waals surface area contributed by atoms with Crippen molar-refractivity contribution in [1.82, 2.24) is 0 Å². The summed E-state index contributed by atoms with van der Waals surface area (Å²) in [5.41, 5.74) is 3.59. The Morgan fingerprint density at radius 1 is 0.967 bits per heavy atom. The van der Waals surface area contributed by atoms with Crippen LogP contribution in [0.4, 0.5) is 11.4 Å². The maximum absolute atomic E-state index is 13.0. The van der Waals surface area contributed by atoms with Crippen LogP contribution in [0.3, 0.4) is 0 Å². The van der Waals surface area contributed by atoms with Crippen molar-refractivity contribution in [3.63, 3.8) is 0 Å². The molecule has 0 fully saturated rings. The Bertz CT molecular complexity index is 1160. The number of anilines is 2. The third-order valence-corrected chi connectivity index (χ3v) is 7.33. The van der Waals surface area contributed by atoms with Crippen molar-refractivity contribution in [3.8, 4) is 0 Å². The van der Waals surface area contributed by atoms with Crippen LogP contribution in [0.5, 0.6) is 0 Å². The summed E-state index contributed by atoms with van der Waals surface area (Å²) in [6.07, 6.45) is 1.14. The Labute approximate surface area is 177 Å². The quantitative estimate of drug-likeness (QED) is 0.626. The van der Waals surface area contributed by atoms with Gasteiger partial charge in [-0.15, -0.1) is 0 Å². The molecule has 4 rings (SSSR count). The Balaban J connectivity index is 1.50. The highest BCUT2D eigenvalue weighted by molar-refractivity contribution is 7.92. The van der Waals surface area contributed by atoms with Crippen LogP contribution in [0.1, 0.15) is 18.1 Å². The summed E-state index contributed by atoms with van der Waals surface area (Å²) in [4.78, 5) is 15.1. The molecule has 1 aliphatic heterocycles. The van der Waals surface area contributed by atoms with Gasteiger partial charge in [0.05, 0.1) is 17.0 Å².